The molecule has 1 unspecified atom stereocenters. The molecule has 1 aliphatic rings. The number of ether oxygens (including phenoxy) is 2. The summed E-state index contributed by atoms with van der Waals surface area (Å²) in [6.45, 7) is 0. The largest absolute Gasteiger partial charge is 0.466 e. The Morgan fingerprint density at radius 3 is 2.69 bits per heavy atom. The molecule has 0 fully saturated rings. The van der Waals surface area contributed by atoms with E-state index in [0.29, 0.717) is 5.57 Å². The summed E-state index contributed by atoms with van der Waals surface area (Å²) in [6.07, 6.45) is 7.92. The second-order valence-corrected chi connectivity index (χ2v) is 6.37. The number of nitrogens with zero attached hydrogens (tertiary/aromatic N) is 1. The molecule has 3 rings (SSSR count). The van der Waals surface area contributed by atoms with Crippen molar-refractivity contribution in [1.82, 2.24) is 4.57 Å². The molecular formula is C21H23NO4. The van der Waals surface area contributed by atoms with E-state index in [-0.39, 0.29) is 11.9 Å². The van der Waals surface area contributed by atoms with Gasteiger partial charge in [-0.3, -0.25) is 0 Å². The average molecular weight is 353 g/mol. The second-order valence-electron chi connectivity index (χ2n) is 6.37. The van der Waals surface area contributed by atoms with E-state index in [1.165, 1.54) is 20.3 Å². The molecule has 2 aromatic rings. The number of carbonyl (C=O) groups excluding carboxylic acids is 2. The number of aryl methyl sites for hydroxylation is 1. The maximum Gasteiger partial charge on any atom is 0.334 e. The number of hydrogen-bond donors (Lipinski definition) is 0. The summed E-state index contributed by atoms with van der Waals surface area (Å²) in [4.78, 5) is 23.9. The van der Waals surface area contributed by atoms with Crippen LogP contribution in [0.1, 0.15) is 36.4 Å². The molecule has 0 amide bonds. The molecule has 5 heteroatoms. The summed E-state index contributed by atoms with van der Waals surface area (Å²) in [5.41, 5.74) is 3.71. The van der Waals surface area contributed by atoms with Crippen LogP contribution in [0.4, 0.5) is 0 Å². The monoisotopic (exact) mass is 353 g/mol. The summed E-state index contributed by atoms with van der Waals surface area (Å²) in [7, 11) is 4.73. The minimum Gasteiger partial charge on any atom is -0.466 e. The summed E-state index contributed by atoms with van der Waals surface area (Å²) in [5, 5.41) is 1.08. The third kappa shape index (κ3) is 3.17. The molecule has 136 valence electrons. The standard InChI is InChI=1S/C21H23NO4/c1-22-17-11-7-6-10-16(17)20(18(22)12-13-19(23)25-2)14-8-4-5-9-15(14)21(24)26-3/h6-7,9-14H,4-5,8H2,1-3H3/b13-12+. The lowest BCUT2D eigenvalue weighted by Gasteiger charge is -2.23. The van der Waals surface area contributed by atoms with E-state index in [1.54, 1.807) is 6.08 Å². The third-order valence-corrected chi connectivity index (χ3v) is 4.98. The van der Waals surface area contributed by atoms with Crippen molar-refractivity contribution in [1.29, 1.82) is 0 Å². The molecule has 0 saturated heterocycles. The van der Waals surface area contributed by atoms with Gasteiger partial charge < -0.3 is 14.0 Å². The molecule has 1 heterocycles. The molecule has 0 spiro atoms. The Morgan fingerprint density at radius 2 is 1.96 bits per heavy atom. The lowest BCUT2D eigenvalue weighted by Crippen LogP contribution is -2.17. The fourth-order valence-electron chi connectivity index (χ4n) is 3.75. The van der Waals surface area contributed by atoms with Crippen molar-refractivity contribution >= 4 is 28.9 Å². The van der Waals surface area contributed by atoms with Gasteiger partial charge in [-0.1, -0.05) is 24.3 Å². The van der Waals surface area contributed by atoms with E-state index in [1.807, 2.05) is 35.9 Å². The lowest BCUT2D eigenvalue weighted by molar-refractivity contribution is -0.136. The normalized spacial score (nSPS) is 17.3. The summed E-state index contributed by atoms with van der Waals surface area (Å²) < 4.78 is 11.8. The van der Waals surface area contributed by atoms with Crippen LogP contribution in [0.2, 0.25) is 0 Å². The zero-order valence-electron chi connectivity index (χ0n) is 15.3. The van der Waals surface area contributed by atoms with Gasteiger partial charge in [0.2, 0.25) is 0 Å². The number of rotatable bonds is 4. The van der Waals surface area contributed by atoms with Crippen molar-refractivity contribution in [2.75, 3.05) is 14.2 Å². The Kier molecular flexibility index (Phi) is 5.26. The molecule has 1 aliphatic carbocycles. The fraction of sp³-hybridized carbons (Fsp3) is 0.333. The van der Waals surface area contributed by atoms with Gasteiger partial charge in [0.25, 0.3) is 0 Å². The maximum absolute atomic E-state index is 12.3. The van der Waals surface area contributed by atoms with E-state index in [4.69, 9.17) is 9.47 Å². The topological polar surface area (TPSA) is 57.5 Å². The number of para-hydroxylation sites is 1. The highest BCUT2D eigenvalue weighted by molar-refractivity contribution is 5.96. The Labute approximate surface area is 152 Å². The van der Waals surface area contributed by atoms with Crippen molar-refractivity contribution in [2.45, 2.75) is 25.2 Å². The van der Waals surface area contributed by atoms with Crippen LogP contribution in [0, 0.1) is 0 Å². The molecule has 0 radical (unpaired) electrons. The van der Waals surface area contributed by atoms with Crippen LogP contribution < -0.4 is 0 Å². The van der Waals surface area contributed by atoms with Gasteiger partial charge in [0.05, 0.1) is 14.2 Å². The van der Waals surface area contributed by atoms with Gasteiger partial charge >= 0.3 is 11.9 Å². The summed E-state index contributed by atoms with van der Waals surface area (Å²) >= 11 is 0. The molecule has 1 atom stereocenters. The first-order valence-corrected chi connectivity index (χ1v) is 8.70. The number of methoxy groups -OCH3 is 2. The Hall–Kier alpha value is -2.82. The van der Waals surface area contributed by atoms with Gasteiger partial charge in [0.1, 0.15) is 0 Å². The van der Waals surface area contributed by atoms with Crippen LogP contribution in [0.15, 0.2) is 42.0 Å². The Balaban J connectivity index is 2.21. The zero-order valence-corrected chi connectivity index (χ0v) is 15.3. The first kappa shape index (κ1) is 18.0. The molecule has 0 bridgehead atoms. The molecule has 5 nitrogen and oxygen atoms in total. The van der Waals surface area contributed by atoms with E-state index >= 15 is 0 Å². The third-order valence-electron chi connectivity index (χ3n) is 4.98. The SMILES string of the molecule is COC(=O)/C=C/c1c(C2CCCC=C2C(=O)OC)c2ccccc2n1C. The number of benzene rings is 1. The van der Waals surface area contributed by atoms with Crippen molar-refractivity contribution < 1.29 is 19.1 Å². The molecule has 1 aromatic carbocycles. The predicted octanol–water partition coefficient (Wildman–Crippen LogP) is 3.73. The van der Waals surface area contributed by atoms with E-state index in [9.17, 15) is 9.59 Å². The highest BCUT2D eigenvalue weighted by atomic mass is 16.5. The quantitative estimate of drug-likeness (QED) is 0.621. The predicted molar refractivity (Wildman–Crippen MR) is 101 cm³/mol. The van der Waals surface area contributed by atoms with Crippen LogP contribution >= 0.6 is 0 Å². The Bertz CT molecular complexity index is 904. The highest BCUT2D eigenvalue weighted by Gasteiger charge is 2.30. The van der Waals surface area contributed by atoms with Crippen molar-refractivity contribution in [3.63, 3.8) is 0 Å². The number of allylic oxidation sites excluding steroid dienone is 1. The maximum atomic E-state index is 12.3. The van der Waals surface area contributed by atoms with Gasteiger partial charge in [-0.05, 0) is 37.0 Å². The van der Waals surface area contributed by atoms with Crippen LogP contribution in [-0.2, 0) is 26.1 Å². The summed E-state index contributed by atoms with van der Waals surface area (Å²) in [6, 6.07) is 8.07. The van der Waals surface area contributed by atoms with Crippen LogP contribution in [0.3, 0.4) is 0 Å². The number of fused-ring (bicyclic) bond motifs is 1. The van der Waals surface area contributed by atoms with E-state index in [0.717, 1.165) is 41.4 Å². The molecule has 1 aromatic heterocycles. The molecule has 26 heavy (non-hydrogen) atoms. The Morgan fingerprint density at radius 1 is 1.19 bits per heavy atom. The highest BCUT2D eigenvalue weighted by Crippen LogP contribution is 2.41. The van der Waals surface area contributed by atoms with Crippen molar-refractivity contribution in [2.24, 2.45) is 7.05 Å². The minimum absolute atomic E-state index is 0.0559. The zero-order chi connectivity index (χ0) is 18.7. The fourth-order valence-corrected chi connectivity index (χ4v) is 3.75. The van der Waals surface area contributed by atoms with Crippen molar-refractivity contribution in [3.05, 3.63) is 53.2 Å². The van der Waals surface area contributed by atoms with E-state index < -0.39 is 5.97 Å². The summed E-state index contributed by atoms with van der Waals surface area (Å²) in [5.74, 6) is -0.751. The number of aromatic nitrogens is 1. The first-order valence-electron chi connectivity index (χ1n) is 8.70. The van der Waals surface area contributed by atoms with Gasteiger partial charge in [0, 0.05) is 41.2 Å². The van der Waals surface area contributed by atoms with E-state index in [2.05, 4.69) is 6.07 Å². The van der Waals surface area contributed by atoms with Crippen LogP contribution in [0.25, 0.3) is 17.0 Å². The lowest BCUT2D eigenvalue weighted by atomic mass is 9.81. The second kappa shape index (κ2) is 7.60. The van der Waals surface area contributed by atoms with Gasteiger partial charge in [-0.25, -0.2) is 9.59 Å². The average Bonchev–Trinajstić information content (AvgIpc) is 2.97. The molecular weight excluding hydrogens is 330 g/mol. The van der Waals surface area contributed by atoms with Gasteiger partial charge in [-0.2, -0.15) is 0 Å². The van der Waals surface area contributed by atoms with Gasteiger partial charge in [0.15, 0.2) is 0 Å². The van der Waals surface area contributed by atoms with Crippen LogP contribution in [-0.4, -0.2) is 30.7 Å². The van der Waals surface area contributed by atoms with Crippen molar-refractivity contribution in [3.8, 4) is 0 Å². The minimum atomic E-state index is -0.409. The van der Waals surface area contributed by atoms with Gasteiger partial charge in [-0.15, -0.1) is 0 Å². The molecule has 0 aliphatic heterocycles. The number of carbonyl (C=O) groups is 2. The molecule has 0 saturated carbocycles. The smallest absolute Gasteiger partial charge is 0.334 e. The first-order chi connectivity index (χ1) is 12.6. The molecule has 0 N–H and O–H groups in total. The number of esters is 2. The van der Waals surface area contributed by atoms with Crippen LogP contribution in [0.5, 0.6) is 0 Å². The number of hydrogen-bond acceptors (Lipinski definition) is 4.